The molecule has 116 valence electrons. The molecule has 3 nitrogen and oxygen atoms in total. The maximum absolute atomic E-state index is 5.79. The minimum Gasteiger partial charge on any atom is -0.348 e. The monoisotopic (exact) mass is 289 g/mol. The molecule has 1 aliphatic carbocycles. The molecule has 3 rings (SSSR count). The molecule has 1 atom stereocenters. The highest BCUT2D eigenvalue weighted by Crippen LogP contribution is 2.36. The Kier molecular flexibility index (Phi) is 4.63. The van der Waals surface area contributed by atoms with Crippen LogP contribution in [-0.2, 0) is 15.9 Å². The van der Waals surface area contributed by atoms with E-state index in [-0.39, 0.29) is 5.79 Å². The van der Waals surface area contributed by atoms with Gasteiger partial charge in [0.05, 0.1) is 13.2 Å². The van der Waals surface area contributed by atoms with Gasteiger partial charge in [-0.3, -0.25) is 0 Å². The quantitative estimate of drug-likeness (QED) is 0.919. The summed E-state index contributed by atoms with van der Waals surface area (Å²) >= 11 is 0. The summed E-state index contributed by atoms with van der Waals surface area (Å²) in [6.07, 6.45) is 5.42. The van der Waals surface area contributed by atoms with Crippen LogP contribution in [0, 0.1) is 0 Å². The van der Waals surface area contributed by atoms with Crippen molar-refractivity contribution in [1.29, 1.82) is 0 Å². The number of hydrogen-bond acceptors (Lipinski definition) is 3. The molecule has 0 bridgehead atoms. The number of rotatable bonds is 4. The number of hydrogen-bond donors (Lipinski definition) is 1. The highest BCUT2D eigenvalue weighted by molar-refractivity contribution is 5.24. The number of aryl methyl sites for hydroxylation is 1. The Morgan fingerprint density at radius 3 is 2.33 bits per heavy atom. The van der Waals surface area contributed by atoms with E-state index in [1.54, 1.807) is 0 Å². The summed E-state index contributed by atoms with van der Waals surface area (Å²) < 4.78 is 11.6. The van der Waals surface area contributed by atoms with Gasteiger partial charge in [0.25, 0.3) is 0 Å². The SMILES string of the molecule is CCc1ccc(C(C)NC2CCC3(CC2)OCCO3)cc1. The van der Waals surface area contributed by atoms with Crippen LogP contribution in [0.4, 0.5) is 0 Å². The van der Waals surface area contributed by atoms with E-state index in [9.17, 15) is 0 Å². The van der Waals surface area contributed by atoms with E-state index in [1.807, 2.05) is 0 Å². The smallest absolute Gasteiger partial charge is 0.168 e. The summed E-state index contributed by atoms with van der Waals surface area (Å²) in [6, 6.07) is 9.96. The van der Waals surface area contributed by atoms with Gasteiger partial charge in [0.15, 0.2) is 5.79 Å². The summed E-state index contributed by atoms with van der Waals surface area (Å²) in [5, 5.41) is 3.77. The van der Waals surface area contributed by atoms with Gasteiger partial charge >= 0.3 is 0 Å². The van der Waals surface area contributed by atoms with Gasteiger partial charge in [0, 0.05) is 24.9 Å². The fraction of sp³-hybridized carbons (Fsp3) is 0.667. The van der Waals surface area contributed by atoms with Gasteiger partial charge in [-0.2, -0.15) is 0 Å². The van der Waals surface area contributed by atoms with Crippen molar-refractivity contribution in [2.45, 2.75) is 63.8 Å². The molecule has 1 saturated carbocycles. The second-order valence-electron chi connectivity index (χ2n) is 6.37. The molecule has 1 unspecified atom stereocenters. The molecule has 1 aromatic rings. The molecule has 0 radical (unpaired) electrons. The van der Waals surface area contributed by atoms with Crippen LogP contribution in [-0.4, -0.2) is 25.0 Å². The molecule has 1 aromatic carbocycles. The Bertz CT molecular complexity index is 441. The Morgan fingerprint density at radius 2 is 1.76 bits per heavy atom. The second kappa shape index (κ2) is 6.47. The highest BCUT2D eigenvalue weighted by Gasteiger charge is 2.40. The fourth-order valence-corrected chi connectivity index (χ4v) is 3.50. The van der Waals surface area contributed by atoms with Gasteiger partial charge in [-0.25, -0.2) is 0 Å². The molecule has 1 saturated heterocycles. The van der Waals surface area contributed by atoms with E-state index in [4.69, 9.17) is 9.47 Å². The van der Waals surface area contributed by atoms with Crippen molar-refractivity contribution in [3.05, 3.63) is 35.4 Å². The first-order chi connectivity index (χ1) is 10.2. The lowest BCUT2D eigenvalue weighted by Crippen LogP contribution is -2.42. The summed E-state index contributed by atoms with van der Waals surface area (Å²) in [7, 11) is 0. The maximum atomic E-state index is 5.79. The normalized spacial score (nSPS) is 23.5. The lowest BCUT2D eigenvalue weighted by molar-refractivity contribution is -0.179. The molecule has 0 amide bonds. The third-order valence-corrected chi connectivity index (χ3v) is 4.93. The van der Waals surface area contributed by atoms with Gasteiger partial charge in [0.2, 0.25) is 0 Å². The third-order valence-electron chi connectivity index (χ3n) is 4.93. The zero-order valence-corrected chi connectivity index (χ0v) is 13.2. The molecule has 0 aromatic heterocycles. The lowest BCUT2D eigenvalue weighted by atomic mass is 9.89. The Morgan fingerprint density at radius 1 is 1.14 bits per heavy atom. The van der Waals surface area contributed by atoms with Crippen LogP contribution in [0.15, 0.2) is 24.3 Å². The maximum Gasteiger partial charge on any atom is 0.168 e. The molecular formula is C18H27NO2. The Balaban J connectivity index is 1.52. The van der Waals surface area contributed by atoms with Crippen LogP contribution in [0.2, 0.25) is 0 Å². The molecule has 1 spiro atoms. The summed E-state index contributed by atoms with van der Waals surface area (Å²) in [5.41, 5.74) is 2.78. The Labute approximate surface area is 128 Å². The average molecular weight is 289 g/mol. The standard InChI is InChI=1S/C18H27NO2/c1-3-15-4-6-16(7-5-15)14(2)19-17-8-10-18(11-9-17)20-12-13-21-18/h4-7,14,17,19H,3,8-13H2,1-2H3. The van der Waals surface area contributed by atoms with Gasteiger partial charge in [-0.1, -0.05) is 31.2 Å². The van der Waals surface area contributed by atoms with Crippen molar-refractivity contribution in [3.63, 3.8) is 0 Å². The van der Waals surface area contributed by atoms with E-state index in [0.29, 0.717) is 12.1 Å². The van der Waals surface area contributed by atoms with Crippen molar-refractivity contribution in [2.24, 2.45) is 0 Å². The zero-order chi connectivity index (χ0) is 14.7. The van der Waals surface area contributed by atoms with Crippen molar-refractivity contribution in [3.8, 4) is 0 Å². The van der Waals surface area contributed by atoms with Crippen molar-refractivity contribution in [2.75, 3.05) is 13.2 Å². The van der Waals surface area contributed by atoms with E-state index in [1.165, 1.54) is 11.1 Å². The molecule has 2 aliphatic rings. The minimum atomic E-state index is -0.246. The number of benzene rings is 1. The van der Waals surface area contributed by atoms with Crippen molar-refractivity contribution in [1.82, 2.24) is 5.32 Å². The third kappa shape index (κ3) is 3.47. The van der Waals surface area contributed by atoms with Crippen molar-refractivity contribution < 1.29 is 9.47 Å². The summed E-state index contributed by atoms with van der Waals surface area (Å²) in [5.74, 6) is -0.246. The second-order valence-corrected chi connectivity index (χ2v) is 6.37. The van der Waals surface area contributed by atoms with E-state index in [2.05, 4.69) is 43.4 Å². The first kappa shape index (κ1) is 15.0. The molecular weight excluding hydrogens is 262 g/mol. The highest BCUT2D eigenvalue weighted by atomic mass is 16.7. The van der Waals surface area contributed by atoms with Gasteiger partial charge in [-0.15, -0.1) is 0 Å². The molecule has 3 heteroatoms. The van der Waals surface area contributed by atoms with Gasteiger partial charge < -0.3 is 14.8 Å². The molecule has 2 fully saturated rings. The summed E-state index contributed by atoms with van der Waals surface area (Å²) in [6.45, 7) is 5.98. The van der Waals surface area contributed by atoms with E-state index in [0.717, 1.165) is 45.3 Å². The Hall–Kier alpha value is -0.900. The molecule has 1 N–H and O–H groups in total. The molecule has 1 aliphatic heterocycles. The first-order valence-corrected chi connectivity index (χ1v) is 8.33. The van der Waals surface area contributed by atoms with Crippen LogP contribution in [0.5, 0.6) is 0 Å². The predicted molar refractivity (Wildman–Crippen MR) is 84.3 cm³/mol. The number of nitrogens with one attached hydrogen (secondary N) is 1. The fourth-order valence-electron chi connectivity index (χ4n) is 3.50. The largest absolute Gasteiger partial charge is 0.348 e. The van der Waals surface area contributed by atoms with E-state index >= 15 is 0 Å². The first-order valence-electron chi connectivity index (χ1n) is 8.33. The van der Waals surface area contributed by atoms with E-state index < -0.39 is 0 Å². The van der Waals surface area contributed by atoms with Crippen LogP contribution in [0.3, 0.4) is 0 Å². The van der Waals surface area contributed by atoms with Crippen LogP contribution < -0.4 is 5.32 Å². The summed E-state index contributed by atoms with van der Waals surface area (Å²) in [4.78, 5) is 0. The van der Waals surface area contributed by atoms with Crippen molar-refractivity contribution >= 4 is 0 Å². The average Bonchev–Trinajstić information content (AvgIpc) is 2.98. The van der Waals surface area contributed by atoms with Gasteiger partial charge in [-0.05, 0) is 37.3 Å². The zero-order valence-electron chi connectivity index (χ0n) is 13.2. The number of ether oxygens (including phenoxy) is 2. The topological polar surface area (TPSA) is 30.5 Å². The minimum absolute atomic E-state index is 0.246. The van der Waals surface area contributed by atoms with Crippen LogP contribution in [0.25, 0.3) is 0 Å². The van der Waals surface area contributed by atoms with Gasteiger partial charge in [0.1, 0.15) is 0 Å². The molecule has 21 heavy (non-hydrogen) atoms. The lowest BCUT2D eigenvalue weighted by Gasteiger charge is -2.36. The predicted octanol–water partition coefficient (Wildman–Crippen LogP) is 3.59. The van der Waals surface area contributed by atoms with Crippen LogP contribution >= 0.6 is 0 Å². The van der Waals surface area contributed by atoms with Crippen LogP contribution in [0.1, 0.15) is 56.7 Å². The molecule has 1 heterocycles.